The van der Waals surface area contributed by atoms with Crippen molar-refractivity contribution in [2.45, 2.75) is 20.4 Å². The molecule has 0 aromatic carbocycles. The van der Waals surface area contributed by atoms with Crippen molar-refractivity contribution in [2.75, 3.05) is 26.2 Å². The third-order valence-corrected chi connectivity index (χ3v) is 5.16. The standard InChI is InChI=1S/C18H21N5O4/c1-11-8-14-17(27-11)13-9-19-23(18(26)16(13)20(14)3)10-15(25)22-6-4-21(5-7-22)12(2)24/h8-9H,4-7,10H2,1-3H3. The Morgan fingerprint density at radius 2 is 1.85 bits per heavy atom. The Morgan fingerprint density at radius 1 is 1.19 bits per heavy atom. The molecule has 0 radical (unpaired) electrons. The lowest BCUT2D eigenvalue weighted by molar-refractivity contribution is -0.139. The highest BCUT2D eigenvalue weighted by Crippen LogP contribution is 2.28. The van der Waals surface area contributed by atoms with Gasteiger partial charge in [-0.15, -0.1) is 0 Å². The maximum atomic E-state index is 12.9. The largest absolute Gasteiger partial charge is 0.459 e. The van der Waals surface area contributed by atoms with Crippen molar-refractivity contribution >= 4 is 33.8 Å². The van der Waals surface area contributed by atoms with Gasteiger partial charge in [0.05, 0.1) is 17.1 Å². The lowest BCUT2D eigenvalue weighted by atomic mass is 10.3. The SMILES string of the molecule is CC(=O)N1CCN(C(=O)Cn2ncc3c4oc(C)cc4n(C)c3c2=O)CC1. The Hall–Kier alpha value is -3.10. The zero-order valence-electron chi connectivity index (χ0n) is 15.6. The fourth-order valence-electron chi connectivity index (χ4n) is 3.64. The van der Waals surface area contributed by atoms with Crippen LogP contribution in [-0.4, -0.2) is 62.1 Å². The average molecular weight is 371 g/mol. The van der Waals surface area contributed by atoms with Crippen molar-refractivity contribution in [1.29, 1.82) is 0 Å². The summed E-state index contributed by atoms with van der Waals surface area (Å²) >= 11 is 0. The fourth-order valence-corrected chi connectivity index (χ4v) is 3.64. The van der Waals surface area contributed by atoms with Gasteiger partial charge in [-0.1, -0.05) is 0 Å². The van der Waals surface area contributed by atoms with Crippen LogP contribution in [0, 0.1) is 6.92 Å². The molecule has 9 nitrogen and oxygen atoms in total. The van der Waals surface area contributed by atoms with E-state index >= 15 is 0 Å². The molecule has 4 rings (SSSR count). The minimum absolute atomic E-state index is 0.00805. The van der Waals surface area contributed by atoms with Gasteiger partial charge in [0.1, 0.15) is 17.8 Å². The number of hydrogen-bond donors (Lipinski definition) is 0. The number of rotatable bonds is 2. The van der Waals surface area contributed by atoms with Crippen LogP contribution in [0.15, 0.2) is 21.5 Å². The lowest BCUT2D eigenvalue weighted by Gasteiger charge is -2.34. The molecule has 0 unspecified atom stereocenters. The molecule has 9 heteroatoms. The molecule has 27 heavy (non-hydrogen) atoms. The van der Waals surface area contributed by atoms with E-state index in [2.05, 4.69) is 5.10 Å². The Labute approximate surface area is 154 Å². The van der Waals surface area contributed by atoms with Crippen molar-refractivity contribution < 1.29 is 14.0 Å². The first-order chi connectivity index (χ1) is 12.9. The van der Waals surface area contributed by atoms with Crippen LogP contribution in [0.5, 0.6) is 0 Å². The van der Waals surface area contributed by atoms with E-state index < -0.39 is 0 Å². The molecule has 4 heterocycles. The van der Waals surface area contributed by atoms with Gasteiger partial charge in [0.2, 0.25) is 11.8 Å². The van der Waals surface area contributed by atoms with Crippen LogP contribution < -0.4 is 5.56 Å². The van der Waals surface area contributed by atoms with Crippen LogP contribution in [0.2, 0.25) is 0 Å². The maximum absolute atomic E-state index is 12.9. The first kappa shape index (κ1) is 17.3. The van der Waals surface area contributed by atoms with Crippen LogP contribution in [-0.2, 0) is 23.2 Å². The number of aromatic nitrogens is 3. The molecule has 0 aliphatic carbocycles. The highest BCUT2D eigenvalue weighted by molar-refractivity contribution is 6.04. The van der Waals surface area contributed by atoms with E-state index in [0.717, 1.165) is 11.3 Å². The second kappa shape index (κ2) is 6.26. The third kappa shape index (κ3) is 2.79. The fraction of sp³-hybridized carbons (Fsp3) is 0.444. The van der Waals surface area contributed by atoms with E-state index in [4.69, 9.17) is 4.42 Å². The Balaban J connectivity index is 1.60. The highest BCUT2D eigenvalue weighted by atomic mass is 16.3. The van der Waals surface area contributed by atoms with Gasteiger partial charge in [0, 0.05) is 46.2 Å². The molecule has 0 atom stereocenters. The molecule has 1 aliphatic heterocycles. The Bertz CT molecular complexity index is 1110. The van der Waals surface area contributed by atoms with Crippen LogP contribution in [0.1, 0.15) is 12.7 Å². The molecule has 3 aromatic heterocycles. The highest BCUT2D eigenvalue weighted by Gasteiger charge is 2.24. The summed E-state index contributed by atoms with van der Waals surface area (Å²) in [7, 11) is 1.80. The Kier molecular flexibility index (Phi) is 4.01. The summed E-state index contributed by atoms with van der Waals surface area (Å²) in [6.45, 7) is 5.20. The van der Waals surface area contributed by atoms with Crippen LogP contribution in [0.25, 0.3) is 22.0 Å². The molecule has 0 bridgehead atoms. The molecule has 1 fully saturated rings. The zero-order chi connectivity index (χ0) is 19.3. The third-order valence-electron chi connectivity index (χ3n) is 5.16. The number of fused-ring (bicyclic) bond motifs is 3. The number of hydrogen-bond acceptors (Lipinski definition) is 5. The van der Waals surface area contributed by atoms with E-state index in [1.807, 2.05) is 13.0 Å². The summed E-state index contributed by atoms with van der Waals surface area (Å²) in [4.78, 5) is 40.2. The number of carbonyl (C=O) groups excluding carboxylic acids is 2. The number of amides is 2. The van der Waals surface area contributed by atoms with Gasteiger partial charge in [0.25, 0.3) is 5.56 Å². The van der Waals surface area contributed by atoms with Gasteiger partial charge in [-0.05, 0) is 6.92 Å². The smallest absolute Gasteiger partial charge is 0.291 e. The van der Waals surface area contributed by atoms with Crippen molar-refractivity contribution in [3.05, 3.63) is 28.4 Å². The summed E-state index contributed by atoms with van der Waals surface area (Å²) in [5.41, 5.74) is 1.60. The minimum Gasteiger partial charge on any atom is -0.459 e. The molecule has 142 valence electrons. The topological polar surface area (TPSA) is 93.6 Å². The van der Waals surface area contributed by atoms with Crippen molar-refractivity contribution in [2.24, 2.45) is 7.05 Å². The molecule has 0 saturated carbocycles. The normalized spacial score (nSPS) is 15.1. The second-order valence-corrected chi connectivity index (χ2v) is 6.89. The van der Waals surface area contributed by atoms with Crippen LogP contribution in [0.3, 0.4) is 0 Å². The first-order valence-electron chi connectivity index (χ1n) is 8.84. The zero-order valence-corrected chi connectivity index (χ0v) is 15.6. The number of furan rings is 1. The Morgan fingerprint density at radius 3 is 2.52 bits per heavy atom. The number of aryl methyl sites for hydroxylation is 2. The van der Waals surface area contributed by atoms with Gasteiger partial charge < -0.3 is 18.8 Å². The summed E-state index contributed by atoms with van der Waals surface area (Å²) in [6.07, 6.45) is 1.57. The van der Waals surface area contributed by atoms with Crippen molar-refractivity contribution in [1.82, 2.24) is 24.1 Å². The van der Waals surface area contributed by atoms with E-state index in [1.54, 1.807) is 27.6 Å². The van der Waals surface area contributed by atoms with Crippen molar-refractivity contribution in [3.8, 4) is 0 Å². The van der Waals surface area contributed by atoms with Gasteiger partial charge >= 0.3 is 0 Å². The van der Waals surface area contributed by atoms with Crippen LogP contribution in [0.4, 0.5) is 0 Å². The van der Waals surface area contributed by atoms with E-state index in [-0.39, 0.29) is 23.9 Å². The predicted octanol–water partition coefficient (Wildman–Crippen LogP) is 0.480. The molecule has 1 saturated heterocycles. The lowest BCUT2D eigenvalue weighted by Crippen LogP contribution is -2.51. The second-order valence-electron chi connectivity index (χ2n) is 6.89. The molecule has 2 amide bonds. The number of nitrogens with zero attached hydrogens (tertiary/aromatic N) is 5. The summed E-state index contributed by atoms with van der Waals surface area (Å²) < 4.78 is 8.65. The van der Waals surface area contributed by atoms with E-state index in [0.29, 0.717) is 42.7 Å². The number of carbonyl (C=O) groups is 2. The number of piperazine rings is 1. The monoisotopic (exact) mass is 371 g/mol. The van der Waals surface area contributed by atoms with E-state index in [1.165, 1.54) is 11.6 Å². The molecule has 3 aromatic rings. The van der Waals surface area contributed by atoms with E-state index in [9.17, 15) is 14.4 Å². The molecule has 1 aliphatic rings. The maximum Gasteiger partial charge on any atom is 0.291 e. The minimum atomic E-state index is -0.324. The van der Waals surface area contributed by atoms with Gasteiger partial charge in [-0.2, -0.15) is 5.10 Å². The van der Waals surface area contributed by atoms with Gasteiger partial charge in [-0.25, -0.2) is 4.68 Å². The average Bonchev–Trinajstić information content (AvgIpc) is 3.14. The first-order valence-corrected chi connectivity index (χ1v) is 8.84. The van der Waals surface area contributed by atoms with Crippen molar-refractivity contribution in [3.63, 3.8) is 0 Å². The quantitative estimate of drug-likeness (QED) is 0.653. The molecular weight excluding hydrogens is 350 g/mol. The summed E-state index contributed by atoms with van der Waals surface area (Å²) in [6, 6.07) is 1.87. The summed E-state index contributed by atoms with van der Waals surface area (Å²) in [5, 5.41) is 4.82. The molecular formula is C18H21N5O4. The predicted molar refractivity (Wildman–Crippen MR) is 98.3 cm³/mol. The molecule has 0 spiro atoms. The molecule has 0 N–H and O–H groups in total. The summed E-state index contributed by atoms with van der Waals surface area (Å²) in [5.74, 6) is 0.594. The van der Waals surface area contributed by atoms with Crippen LogP contribution >= 0.6 is 0 Å². The van der Waals surface area contributed by atoms with Gasteiger partial charge in [0.15, 0.2) is 5.58 Å². The van der Waals surface area contributed by atoms with Gasteiger partial charge in [-0.3, -0.25) is 14.4 Å².